The molecular formula is C10H17ClF3NO2. The molecule has 7 heteroatoms. The van der Waals surface area contributed by atoms with Crippen LogP contribution in [0.15, 0.2) is 0 Å². The van der Waals surface area contributed by atoms with E-state index >= 15 is 0 Å². The van der Waals surface area contributed by atoms with E-state index in [1.165, 1.54) is 0 Å². The highest BCUT2D eigenvalue weighted by atomic mass is 35.5. The number of ether oxygens (including phenoxy) is 1. The first-order valence-electron chi connectivity index (χ1n) is 5.09. The Hall–Kier alpha value is -0.490. The summed E-state index contributed by atoms with van der Waals surface area (Å²) in [6.45, 7) is 3.33. The molecule has 3 nitrogen and oxygen atoms in total. The molecule has 1 amide bonds. The van der Waals surface area contributed by atoms with Crippen LogP contribution in [-0.4, -0.2) is 48.2 Å². The molecule has 0 aromatic rings. The van der Waals surface area contributed by atoms with Gasteiger partial charge in [-0.05, 0) is 20.8 Å². The average Bonchev–Trinajstić information content (AvgIpc) is 2.10. The van der Waals surface area contributed by atoms with Gasteiger partial charge in [0.1, 0.15) is 13.2 Å². The van der Waals surface area contributed by atoms with Crippen LogP contribution in [0.25, 0.3) is 0 Å². The number of alkyl halides is 4. The van der Waals surface area contributed by atoms with Crippen LogP contribution in [0.4, 0.5) is 13.2 Å². The van der Waals surface area contributed by atoms with E-state index in [2.05, 4.69) is 0 Å². The Kier molecular flexibility index (Phi) is 6.26. The minimum atomic E-state index is -4.43. The van der Waals surface area contributed by atoms with Crippen LogP contribution < -0.4 is 0 Å². The normalized spacial score (nSPS) is 12.6. The van der Waals surface area contributed by atoms with Gasteiger partial charge in [-0.3, -0.25) is 4.79 Å². The first kappa shape index (κ1) is 16.5. The summed E-state index contributed by atoms with van der Waals surface area (Å²) in [5, 5.41) is 0. The van der Waals surface area contributed by atoms with E-state index in [0.717, 1.165) is 0 Å². The highest BCUT2D eigenvalue weighted by molar-refractivity contribution is 6.18. The minimum Gasteiger partial charge on any atom is -0.366 e. The molecule has 0 saturated carbocycles. The quantitative estimate of drug-likeness (QED) is 0.721. The molecule has 0 N–H and O–H groups in total. The molecule has 0 aromatic heterocycles. The van der Waals surface area contributed by atoms with Gasteiger partial charge in [0.2, 0.25) is 5.91 Å². The maximum Gasteiger partial charge on any atom is 0.406 e. The van der Waals surface area contributed by atoms with Crippen molar-refractivity contribution in [1.82, 2.24) is 4.90 Å². The second kappa shape index (κ2) is 6.44. The summed E-state index contributed by atoms with van der Waals surface area (Å²) in [5.74, 6) is -0.755. The largest absolute Gasteiger partial charge is 0.406 e. The van der Waals surface area contributed by atoms with Gasteiger partial charge in [0.25, 0.3) is 0 Å². The van der Waals surface area contributed by atoms with Crippen molar-refractivity contribution >= 4 is 17.5 Å². The molecule has 0 aromatic carbocycles. The zero-order chi connectivity index (χ0) is 13.7. The second-order valence-corrected chi connectivity index (χ2v) is 4.90. The lowest BCUT2D eigenvalue weighted by Gasteiger charge is -2.25. The number of halogens is 4. The zero-order valence-corrected chi connectivity index (χ0v) is 10.9. The predicted octanol–water partition coefficient (Wildman–Crippen LogP) is 2.43. The van der Waals surface area contributed by atoms with Crippen LogP contribution in [0, 0.1) is 0 Å². The zero-order valence-electron chi connectivity index (χ0n) is 10.1. The Balaban J connectivity index is 4.35. The van der Waals surface area contributed by atoms with E-state index in [1.807, 2.05) is 0 Å². The summed E-state index contributed by atoms with van der Waals surface area (Å²) in [7, 11) is 0. The van der Waals surface area contributed by atoms with Gasteiger partial charge in [-0.1, -0.05) is 0 Å². The smallest absolute Gasteiger partial charge is 0.366 e. The van der Waals surface area contributed by atoms with Crippen molar-refractivity contribution in [2.24, 2.45) is 0 Å². The molecule has 0 unspecified atom stereocenters. The van der Waals surface area contributed by atoms with Crippen LogP contribution in [-0.2, 0) is 9.53 Å². The van der Waals surface area contributed by atoms with Crippen molar-refractivity contribution in [2.75, 3.05) is 25.6 Å². The first-order valence-corrected chi connectivity index (χ1v) is 5.63. The van der Waals surface area contributed by atoms with Gasteiger partial charge in [0.15, 0.2) is 0 Å². The number of carbonyl (C=O) groups is 1. The lowest BCUT2D eigenvalue weighted by atomic mass is 10.2. The fraction of sp³-hybridized carbons (Fsp3) is 0.900. The van der Waals surface area contributed by atoms with Crippen LogP contribution in [0.2, 0.25) is 0 Å². The summed E-state index contributed by atoms with van der Waals surface area (Å²) < 4.78 is 41.7. The highest BCUT2D eigenvalue weighted by Gasteiger charge is 2.33. The standard InChI is InChI=1S/C10H17ClF3NO2/c1-9(2,3)17-6-8(16)15(5-4-11)7-10(12,13)14/h4-7H2,1-3H3. The van der Waals surface area contributed by atoms with E-state index in [-0.39, 0.29) is 19.0 Å². The molecule has 0 aliphatic rings. The predicted molar refractivity (Wildman–Crippen MR) is 59.1 cm³/mol. The van der Waals surface area contributed by atoms with Gasteiger partial charge in [0.05, 0.1) is 5.60 Å². The molecule has 0 radical (unpaired) electrons. The van der Waals surface area contributed by atoms with Gasteiger partial charge in [-0.15, -0.1) is 11.6 Å². The van der Waals surface area contributed by atoms with E-state index in [4.69, 9.17) is 16.3 Å². The van der Waals surface area contributed by atoms with Crippen molar-refractivity contribution < 1.29 is 22.7 Å². The van der Waals surface area contributed by atoms with Crippen molar-refractivity contribution in [3.8, 4) is 0 Å². The summed E-state index contributed by atoms with van der Waals surface area (Å²) in [5.41, 5.74) is -0.569. The number of nitrogens with zero attached hydrogens (tertiary/aromatic N) is 1. The van der Waals surface area contributed by atoms with E-state index in [1.54, 1.807) is 20.8 Å². The van der Waals surface area contributed by atoms with Gasteiger partial charge in [-0.25, -0.2) is 0 Å². The summed E-state index contributed by atoms with van der Waals surface area (Å²) >= 11 is 5.36. The molecule has 17 heavy (non-hydrogen) atoms. The molecule has 0 heterocycles. The van der Waals surface area contributed by atoms with Gasteiger partial charge >= 0.3 is 6.18 Å². The molecule has 0 atom stereocenters. The molecule has 102 valence electrons. The van der Waals surface area contributed by atoms with Gasteiger partial charge < -0.3 is 9.64 Å². The van der Waals surface area contributed by atoms with E-state index in [0.29, 0.717) is 4.90 Å². The van der Waals surface area contributed by atoms with E-state index in [9.17, 15) is 18.0 Å². The summed E-state index contributed by atoms with van der Waals surface area (Å²) in [6.07, 6.45) is -4.43. The molecule has 0 fully saturated rings. The number of amides is 1. The lowest BCUT2D eigenvalue weighted by Crippen LogP contribution is -2.43. The Morgan fingerprint density at radius 3 is 2.18 bits per heavy atom. The topological polar surface area (TPSA) is 29.5 Å². The summed E-state index contributed by atoms with van der Waals surface area (Å²) in [4.78, 5) is 12.2. The third kappa shape index (κ3) is 9.23. The fourth-order valence-corrected chi connectivity index (χ4v) is 1.18. The van der Waals surface area contributed by atoms with Gasteiger partial charge in [0, 0.05) is 12.4 Å². The minimum absolute atomic E-state index is 0.0443. The average molecular weight is 276 g/mol. The van der Waals surface area contributed by atoms with E-state index < -0.39 is 24.2 Å². The molecule has 0 bridgehead atoms. The lowest BCUT2D eigenvalue weighted by molar-refractivity contribution is -0.165. The monoisotopic (exact) mass is 275 g/mol. The number of hydrogen-bond donors (Lipinski definition) is 0. The Bertz CT molecular complexity index is 251. The maximum absolute atomic E-state index is 12.2. The second-order valence-electron chi connectivity index (χ2n) is 4.52. The third-order valence-corrected chi connectivity index (χ3v) is 1.87. The molecule has 0 aliphatic heterocycles. The number of hydrogen-bond acceptors (Lipinski definition) is 2. The molecule has 0 spiro atoms. The Morgan fingerprint density at radius 1 is 1.29 bits per heavy atom. The first-order chi connectivity index (χ1) is 7.55. The van der Waals surface area contributed by atoms with Crippen molar-refractivity contribution in [3.63, 3.8) is 0 Å². The van der Waals surface area contributed by atoms with Gasteiger partial charge in [-0.2, -0.15) is 13.2 Å². The van der Waals surface area contributed by atoms with Crippen LogP contribution in [0.1, 0.15) is 20.8 Å². The Labute approximate surface area is 104 Å². The Morgan fingerprint density at radius 2 is 1.82 bits per heavy atom. The van der Waals surface area contributed by atoms with Crippen molar-refractivity contribution in [3.05, 3.63) is 0 Å². The molecular weight excluding hydrogens is 259 g/mol. The number of rotatable bonds is 5. The molecule has 0 aliphatic carbocycles. The maximum atomic E-state index is 12.2. The SMILES string of the molecule is CC(C)(C)OCC(=O)N(CCCl)CC(F)(F)F. The van der Waals surface area contributed by atoms with Crippen LogP contribution in [0.3, 0.4) is 0 Å². The van der Waals surface area contributed by atoms with Crippen LogP contribution in [0.5, 0.6) is 0 Å². The van der Waals surface area contributed by atoms with Crippen molar-refractivity contribution in [2.45, 2.75) is 32.5 Å². The number of carbonyl (C=O) groups excluding carboxylic acids is 1. The summed E-state index contributed by atoms with van der Waals surface area (Å²) in [6, 6.07) is 0. The van der Waals surface area contributed by atoms with Crippen LogP contribution >= 0.6 is 11.6 Å². The third-order valence-electron chi connectivity index (χ3n) is 1.71. The molecule has 0 rings (SSSR count). The highest BCUT2D eigenvalue weighted by Crippen LogP contribution is 2.17. The molecule has 0 saturated heterocycles. The van der Waals surface area contributed by atoms with Crippen molar-refractivity contribution in [1.29, 1.82) is 0 Å². The fourth-order valence-electron chi connectivity index (χ4n) is 0.980.